The van der Waals surface area contributed by atoms with Crippen molar-refractivity contribution in [3.05, 3.63) is 29.8 Å². The van der Waals surface area contributed by atoms with Crippen molar-refractivity contribution in [3.63, 3.8) is 0 Å². The lowest BCUT2D eigenvalue weighted by Crippen LogP contribution is -2.21. The highest BCUT2D eigenvalue weighted by atomic mass is 16.5. The van der Waals surface area contributed by atoms with Gasteiger partial charge in [0.2, 0.25) is 0 Å². The summed E-state index contributed by atoms with van der Waals surface area (Å²) in [6, 6.07) is 8.34. The number of rotatable bonds is 1. The summed E-state index contributed by atoms with van der Waals surface area (Å²) < 4.78 is 5.78. The van der Waals surface area contributed by atoms with Crippen LogP contribution in [0.2, 0.25) is 0 Å². The summed E-state index contributed by atoms with van der Waals surface area (Å²) in [6.07, 6.45) is 3.91. The highest BCUT2D eigenvalue weighted by molar-refractivity contribution is 5.34. The van der Waals surface area contributed by atoms with Crippen molar-refractivity contribution in [3.8, 4) is 5.75 Å². The molecule has 0 unspecified atom stereocenters. The Morgan fingerprint density at radius 2 is 2.25 bits per heavy atom. The standard InChI is InChI=1S/C11H14O/c1-2-10-8-7-9-5-3-4-6-11(9)12-10/h3-6,10H,2,7-8H2,1H3/t10-/m1/s1. The third-order valence-electron chi connectivity index (χ3n) is 2.46. The maximum Gasteiger partial charge on any atom is 0.122 e. The highest BCUT2D eigenvalue weighted by Crippen LogP contribution is 2.27. The average Bonchev–Trinajstić information content (AvgIpc) is 2.17. The molecule has 1 aliphatic rings. The molecule has 0 bridgehead atoms. The zero-order chi connectivity index (χ0) is 8.39. The predicted octanol–water partition coefficient (Wildman–Crippen LogP) is 2.79. The number of fused-ring (bicyclic) bond motifs is 1. The summed E-state index contributed by atoms with van der Waals surface area (Å²) in [5, 5.41) is 0. The van der Waals surface area contributed by atoms with Crippen molar-refractivity contribution in [2.75, 3.05) is 0 Å². The van der Waals surface area contributed by atoms with Gasteiger partial charge in [-0.25, -0.2) is 0 Å². The smallest absolute Gasteiger partial charge is 0.122 e. The number of aryl methyl sites for hydroxylation is 1. The van der Waals surface area contributed by atoms with E-state index in [0.29, 0.717) is 6.10 Å². The fourth-order valence-corrected chi connectivity index (χ4v) is 1.67. The van der Waals surface area contributed by atoms with Gasteiger partial charge in [-0.2, -0.15) is 0 Å². The molecule has 0 spiro atoms. The summed E-state index contributed by atoms with van der Waals surface area (Å²) in [7, 11) is 0. The van der Waals surface area contributed by atoms with Crippen molar-refractivity contribution in [1.82, 2.24) is 0 Å². The van der Waals surface area contributed by atoms with Crippen LogP contribution < -0.4 is 4.74 Å². The van der Waals surface area contributed by atoms with Crippen LogP contribution in [-0.4, -0.2) is 6.10 Å². The Balaban J connectivity index is 2.23. The van der Waals surface area contributed by atoms with Crippen LogP contribution in [0, 0.1) is 0 Å². The number of hydrogen-bond donors (Lipinski definition) is 0. The molecule has 0 amide bonds. The van der Waals surface area contributed by atoms with Crippen LogP contribution in [-0.2, 0) is 6.42 Å². The fourth-order valence-electron chi connectivity index (χ4n) is 1.67. The Morgan fingerprint density at radius 1 is 1.42 bits per heavy atom. The molecule has 0 fully saturated rings. The summed E-state index contributed by atoms with van der Waals surface area (Å²) in [5.74, 6) is 1.09. The van der Waals surface area contributed by atoms with Gasteiger partial charge in [0.25, 0.3) is 0 Å². The van der Waals surface area contributed by atoms with E-state index in [0.717, 1.165) is 12.2 Å². The third kappa shape index (κ3) is 1.31. The molecule has 0 N–H and O–H groups in total. The van der Waals surface area contributed by atoms with Crippen molar-refractivity contribution >= 4 is 0 Å². The monoisotopic (exact) mass is 162 g/mol. The first-order valence-corrected chi connectivity index (χ1v) is 4.64. The maximum atomic E-state index is 5.78. The average molecular weight is 162 g/mol. The normalized spacial score (nSPS) is 21.2. The Kier molecular flexibility index (Phi) is 2.03. The minimum absolute atomic E-state index is 0.444. The molecule has 1 heteroatoms. The van der Waals surface area contributed by atoms with Gasteiger partial charge < -0.3 is 4.74 Å². The van der Waals surface area contributed by atoms with Gasteiger partial charge in [-0.15, -0.1) is 0 Å². The topological polar surface area (TPSA) is 9.23 Å². The SMILES string of the molecule is CC[C@@H]1CCc2ccccc2O1. The van der Waals surface area contributed by atoms with E-state index in [1.54, 1.807) is 0 Å². The second-order valence-electron chi connectivity index (χ2n) is 3.29. The zero-order valence-corrected chi connectivity index (χ0v) is 7.42. The molecule has 1 atom stereocenters. The first-order valence-electron chi connectivity index (χ1n) is 4.64. The van der Waals surface area contributed by atoms with E-state index in [9.17, 15) is 0 Å². The summed E-state index contributed by atoms with van der Waals surface area (Å²) in [4.78, 5) is 0. The van der Waals surface area contributed by atoms with E-state index in [2.05, 4.69) is 25.1 Å². The molecule has 1 nitrogen and oxygen atoms in total. The summed E-state index contributed by atoms with van der Waals surface area (Å²) >= 11 is 0. The Morgan fingerprint density at radius 3 is 3.08 bits per heavy atom. The highest BCUT2D eigenvalue weighted by Gasteiger charge is 2.16. The Labute approximate surface area is 73.4 Å². The molecule has 0 radical (unpaired) electrons. The molecule has 64 valence electrons. The van der Waals surface area contributed by atoms with E-state index in [-0.39, 0.29) is 0 Å². The Hall–Kier alpha value is -0.980. The molecule has 0 aliphatic carbocycles. The van der Waals surface area contributed by atoms with Crippen LogP contribution in [0.15, 0.2) is 24.3 Å². The van der Waals surface area contributed by atoms with Gasteiger partial charge in [0.15, 0.2) is 0 Å². The maximum absolute atomic E-state index is 5.78. The number of benzene rings is 1. The molecule has 2 rings (SSSR count). The van der Waals surface area contributed by atoms with Crippen LogP contribution >= 0.6 is 0 Å². The summed E-state index contributed by atoms with van der Waals surface area (Å²) in [6.45, 7) is 2.18. The largest absolute Gasteiger partial charge is 0.490 e. The van der Waals surface area contributed by atoms with Gasteiger partial charge in [-0.05, 0) is 30.9 Å². The van der Waals surface area contributed by atoms with E-state index in [1.165, 1.54) is 18.4 Å². The molecule has 1 aliphatic heterocycles. The molecule has 0 saturated carbocycles. The quantitative estimate of drug-likeness (QED) is 0.617. The fraction of sp³-hybridized carbons (Fsp3) is 0.455. The second kappa shape index (κ2) is 3.18. The molecule has 1 aromatic carbocycles. The molecule has 0 aromatic heterocycles. The van der Waals surface area contributed by atoms with Gasteiger partial charge in [0.05, 0.1) is 6.10 Å². The van der Waals surface area contributed by atoms with Crippen molar-refractivity contribution < 1.29 is 4.74 Å². The van der Waals surface area contributed by atoms with Crippen LogP contribution in [0.25, 0.3) is 0 Å². The van der Waals surface area contributed by atoms with Crippen molar-refractivity contribution in [2.45, 2.75) is 32.3 Å². The van der Waals surface area contributed by atoms with Crippen molar-refractivity contribution in [1.29, 1.82) is 0 Å². The van der Waals surface area contributed by atoms with Gasteiger partial charge in [0.1, 0.15) is 5.75 Å². The van der Waals surface area contributed by atoms with E-state index >= 15 is 0 Å². The number of hydrogen-bond acceptors (Lipinski definition) is 1. The molecule has 1 heterocycles. The molecular weight excluding hydrogens is 148 g/mol. The van der Waals surface area contributed by atoms with Crippen LogP contribution in [0.3, 0.4) is 0 Å². The first-order chi connectivity index (χ1) is 5.90. The van der Waals surface area contributed by atoms with E-state index < -0.39 is 0 Å². The molecule has 0 saturated heterocycles. The van der Waals surface area contributed by atoms with Crippen LogP contribution in [0.5, 0.6) is 5.75 Å². The van der Waals surface area contributed by atoms with Gasteiger partial charge in [0, 0.05) is 0 Å². The molecular formula is C11H14O. The first kappa shape index (κ1) is 7.66. The van der Waals surface area contributed by atoms with E-state index in [4.69, 9.17) is 4.74 Å². The molecule has 12 heavy (non-hydrogen) atoms. The zero-order valence-electron chi connectivity index (χ0n) is 7.42. The molecule has 1 aromatic rings. The lowest BCUT2D eigenvalue weighted by atomic mass is 10.0. The second-order valence-corrected chi connectivity index (χ2v) is 3.29. The van der Waals surface area contributed by atoms with Gasteiger partial charge >= 0.3 is 0 Å². The predicted molar refractivity (Wildman–Crippen MR) is 49.5 cm³/mol. The Bertz CT molecular complexity index is 267. The lowest BCUT2D eigenvalue weighted by Gasteiger charge is -2.24. The summed E-state index contributed by atoms with van der Waals surface area (Å²) in [5.41, 5.74) is 1.36. The minimum atomic E-state index is 0.444. The third-order valence-corrected chi connectivity index (χ3v) is 2.46. The van der Waals surface area contributed by atoms with Crippen LogP contribution in [0.4, 0.5) is 0 Å². The van der Waals surface area contributed by atoms with Gasteiger partial charge in [-0.3, -0.25) is 0 Å². The van der Waals surface area contributed by atoms with E-state index in [1.807, 2.05) is 6.07 Å². The number of para-hydroxylation sites is 1. The number of ether oxygens (including phenoxy) is 1. The van der Waals surface area contributed by atoms with Crippen LogP contribution in [0.1, 0.15) is 25.3 Å². The minimum Gasteiger partial charge on any atom is -0.490 e. The van der Waals surface area contributed by atoms with Crippen molar-refractivity contribution in [2.24, 2.45) is 0 Å². The van der Waals surface area contributed by atoms with Gasteiger partial charge in [-0.1, -0.05) is 25.1 Å². The lowest BCUT2D eigenvalue weighted by molar-refractivity contribution is 0.169.